The van der Waals surface area contributed by atoms with E-state index in [1.54, 1.807) is 16.4 Å². The van der Waals surface area contributed by atoms with Crippen LogP contribution in [0.15, 0.2) is 23.1 Å². The summed E-state index contributed by atoms with van der Waals surface area (Å²) < 4.78 is 38.0. The number of ether oxygens (including phenoxy) is 2. The van der Waals surface area contributed by atoms with Crippen LogP contribution in [-0.4, -0.2) is 53.1 Å². The van der Waals surface area contributed by atoms with Crippen molar-refractivity contribution in [3.8, 4) is 11.5 Å². The second-order valence-corrected chi connectivity index (χ2v) is 7.75. The van der Waals surface area contributed by atoms with Crippen LogP contribution in [0.4, 0.5) is 0 Å². The van der Waals surface area contributed by atoms with E-state index in [4.69, 9.17) is 9.47 Å². The lowest BCUT2D eigenvalue weighted by Crippen LogP contribution is -2.43. The van der Waals surface area contributed by atoms with Crippen LogP contribution in [0.1, 0.15) is 6.42 Å². The van der Waals surface area contributed by atoms with Crippen LogP contribution < -0.4 is 14.8 Å². The Hall–Kier alpha value is -1.31. The van der Waals surface area contributed by atoms with Crippen molar-refractivity contribution in [2.75, 3.05) is 40.4 Å². The number of piperidine rings is 1. The third-order valence-electron chi connectivity index (χ3n) is 4.66. The highest BCUT2D eigenvalue weighted by molar-refractivity contribution is 7.89. The molecule has 1 aromatic carbocycles. The first-order chi connectivity index (χ1) is 10.6. The molecule has 0 bridgehead atoms. The largest absolute Gasteiger partial charge is 0.497 e. The molecule has 0 aromatic heterocycles. The predicted molar refractivity (Wildman–Crippen MR) is 82.8 cm³/mol. The quantitative estimate of drug-likeness (QED) is 0.892. The second-order valence-electron chi connectivity index (χ2n) is 5.85. The summed E-state index contributed by atoms with van der Waals surface area (Å²) >= 11 is 0. The van der Waals surface area contributed by atoms with Crippen molar-refractivity contribution in [3.63, 3.8) is 0 Å². The molecule has 3 rings (SSSR count). The Morgan fingerprint density at radius 2 is 1.95 bits per heavy atom. The minimum atomic E-state index is -3.58. The van der Waals surface area contributed by atoms with Gasteiger partial charge in [0.1, 0.15) is 16.4 Å². The number of nitrogens with zero attached hydrogens (tertiary/aromatic N) is 1. The number of sulfonamides is 1. The van der Waals surface area contributed by atoms with Crippen molar-refractivity contribution in [1.29, 1.82) is 0 Å². The summed E-state index contributed by atoms with van der Waals surface area (Å²) in [4.78, 5) is 0.179. The minimum absolute atomic E-state index is 0.179. The summed E-state index contributed by atoms with van der Waals surface area (Å²) in [6, 6.07) is 4.87. The Morgan fingerprint density at radius 1 is 1.18 bits per heavy atom. The van der Waals surface area contributed by atoms with Crippen molar-refractivity contribution in [2.24, 2.45) is 11.8 Å². The van der Waals surface area contributed by atoms with Gasteiger partial charge in [0, 0.05) is 19.2 Å². The molecule has 2 fully saturated rings. The summed E-state index contributed by atoms with van der Waals surface area (Å²) in [6.45, 7) is 3.03. The van der Waals surface area contributed by atoms with Crippen molar-refractivity contribution < 1.29 is 17.9 Å². The Kier molecular flexibility index (Phi) is 4.29. The molecule has 2 atom stereocenters. The molecule has 0 saturated carbocycles. The molecule has 2 aliphatic heterocycles. The predicted octanol–water partition coefficient (Wildman–Crippen LogP) is 0.934. The standard InChI is InChI=1S/C15H22N2O4S/c1-20-13-3-4-14(21-2)15(7-13)22(18,19)17-6-5-11-8-16-9-12(11)10-17/h3-4,7,11-12,16H,5-6,8-10H2,1-2H3. The Balaban J connectivity index is 1.92. The van der Waals surface area contributed by atoms with Crippen molar-refractivity contribution in [3.05, 3.63) is 18.2 Å². The van der Waals surface area contributed by atoms with E-state index >= 15 is 0 Å². The third kappa shape index (κ3) is 2.68. The molecule has 0 spiro atoms. The second kappa shape index (κ2) is 6.06. The lowest BCUT2D eigenvalue weighted by molar-refractivity contribution is 0.227. The highest BCUT2D eigenvalue weighted by Crippen LogP contribution is 2.34. The van der Waals surface area contributed by atoms with Crippen LogP contribution in [0.5, 0.6) is 11.5 Å². The van der Waals surface area contributed by atoms with Crippen molar-refractivity contribution in [1.82, 2.24) is 9.62 Å². The average molecular weight is 326 g/mol. The summed E-state index contributed by atoms with van der Waals surface area (Å²) in [7, 11) is -0.574. The van der Waals surface area contributed by atoms with Gasteiger partial charge in [-0.05, 0) is 43.5 Å². The average Bonchev–Trinajstić information content (AvgIpc) is 3.01. The molecular formula is C15H22N2O4S. The smallest absolute Gasteiger partial charge is 0.246 e. The highest BCUT2D eigenvalue weighted by Gasteiger charge is 2.38. The molecule has 0 radical (unpaired) electrons. The number of nitrogens with one attached hydrogen (secondary N) is 1. The maximum atomic E-state index is 13.0. The van der Waals surface area contributed by atoms with E-state index in [-0.39, 0.29) is 4.90 Å². The first kappa shape index (κ1) is 15.6. The van der Waals surface area contributed by atoms with Crippen LogP contribution in [0.3, 0.4) is 0 Å². The van der Waals surface area contributed by atoms with Crippen LogP contribution >= 0.6 is 0 Å². The van der Waals surface area contributed by atoms with Crippen LogP contribution in [0, 0.1) is 11.8 Å². The van der Waals surface area contributed by atoms with Crippen LogP contribution in [0.25, 0.3) is 0 Å². The first-order valence-corrected chi connectivity index (χ1v) is 8.93. The van der Waals surface area contributed by atoms with Gasteiger partial charge in [0.2, 0.25) is 10.0 Å². The van der Waals surface area contributed by atoms with Gasteiger partial charge in [-0.2, -0.15) is 4.31 Å². The Bertz CT molecular complexity index is 647. The Morgan fingerprint density at radius 3 is 2.68 bits per heavy atom. The fraction of sp³-hybridized carbons (Fsp3) is 0.600. The van der Waals surface area contributed by atoms with E-state index in [0.717, 1.165) is 19.5 Å². The molecular weight excluding hydrogens is 304 g/mol. The van der Waals surface area contributed by atoms with E-state index in [1.807, 2.05) is 0 Å². The summed E-state index contributed by atoms with van der Waals surface area (Å²) in [5.41, 5.74) is 0. The third-order valence-corrected chi connectivity index (χ3v) is 6.54. The van der Waals surface area contributed by atoms with Crippen LogP contribution in [-0.2, 0) is 10.0 Å². The molecule has 2 heterocycles. The van der Waals surface area contributed by atoms with Gasteiger partial charge in [0.25, 0.3) is 0 Å². The number of fused-ring (bicyclic) bond motifs is 1. The molecule has 2 saturated heterocycles. The monoisotopic (exact) mass is 326 g/mol. The Labute approximate surface area is 131 Å². The molecule has 0 amide bonds. The number of hydrogen-bond donors (Lipinski definition) is 1. The molecule has 122 valence electrons. The van der Waals surface area contributed by atoms with Crippen LogP contribution in [0.2, 0.25) is 0 Å². The normalized spacial score (nSPS) is 25.7. The summed E-state index contributed by atoms with van der Waals surface area (Å²) in [5.74, 6) is 1.86. The van der Waals surface area contributed by atoms with Gasteiger partial charge >= 0.3 is 0 Å². The first-order valence-electron chi connectivity index (χ1n) is 7.49. The van der Waals surface area contributed by atoms with Gasteiger partial charge in [-0.3, -0.25) is 0 Å². The van der Waals surface area contributed by atoms with E-state index in [1.165, 1.54) is 20.3 Å². The van der Waals surface area contributed by atoms with Gasteiger partial charge < -0.3 is 14.8 Å². The molecule has 2 aliphatic rings. The SMILES string of the molecule is COc1ccc(OC)c(S(=O)(=O)N2CCC3CNCC3C2)c1. The number of methoxy groups -OCH3 is 2. The lowest BCUT2D eigenvalue weighted by atomic mass is 9.90. The fourth-order valence-electron chi connectivity index (χ4n) is 3.34. The topological polar surface area (TPSA) is 67.9 Å². The van der Waals surface area contributed by atoms with E-state index in [2.05, 4.69) is 5.32 Å². The maximum absolute atomic E-state index is 13.0. The van der Waals surface area contributed by atoms with Gasteiger partial charge in [-0.15, -0.1) is 0 Å². The number of rotatable bonds is 4. The molecule has 2 unspecified atom stereocenters. The molecule has 22 heavy (non-hydrogen) atoms. The van der Waals surface area contributed by atoms with Crippen molar-refractivity contribution in [2.45, 2.75) is 11.3 Å². The van der Waals surface area contributed by atoms with E-state index in [0.29, 0.717) is 36.4 Å². The molecule has 1 N–H and O–H groups in total. The minimum Gasteiger partial charge on any atom is -0.497 e. The molecule has 0 aliphatic carbocycles. The zero-order chi connectivity index (χ0) is 15.7. The zero-order valence-corrected chi connectivity index (χ0v) is 13.7. The lowest BCUT2D eigenvalue weighted by Gasteiger charge is -2.33. The zero-order valence-electron chi connectivity index (χ0n) is 12.9. The van der Waals surface area contributed by atoms with Gasteiger partial charge in [-0.1, -0.05) is 0 Å². The molecule has 1 aromatic rings. The van der Waals surface area contributed by atoms with Crippen molar-refractivity contribution >= 4 is 10.0 Å². The summed E-state index contributed by atoms with van der Waals surface area (Å²) in [5, 5.41) is 3.35. The van der Waals surface area contributed by atoms with Gasteiger partial charge in [-0.25, -0.2) is 8.42 Å². The summed E-state index contributed by atoms with van der Waals surface area (Å²) in [6.07, 6.45) is 0.906. The molecule has 6 nitrogen and oxygen atoms in total. The molecule has 7 heteroatoms. The van der Waals surface area contributed by atoms with Gasteiger partial charge in [0.05, 0.1) is 14.2 Å². The maximum Gasteiger partial charge on any atom is 0.246 e. The van der Waals surface area contributed by atoms with E-state index < -0.39 is 10.0 Å². The fourth-order valence-corrected chi connectivity index (χ4v) is 5.03. The highest BCUT2D eigenvalue weighted by atomic mass is 32.2. The van der Waals surface area contributed by atoms with E-state index in [9.17, 15) is 8.42 Å². The number of benzene rings is 1. The van der Waals surface area contributed by atoms with Gasteiger partial charge in [0.15, 0.2) is 0 Å². The number of hydrogen-bond acceptors (Lipinski definition) is 5.